The molecule has 24 heavy (non-hydrogen) atoms. The first-order valence-electron chi connectivity index (χ1n) is 7.54. The highest BCUT2D eigenvalue weighted by atomic mass is 35.5. The number of nitrogens with zero attached hydrogens (tertiary/aromatic N) is 2. The fourth-order valence-corrected chi connectivity index (χ4v) is 3.18. The third kappa shape index (κ3) is 4.55. The van der Waals surface area contributed by atoms with Crippen LogP contribution in [0.3, 0.4) is 0 Å². The average molecular weight is 366 g/mol. The Morgan fingerprint density at radius 3 is 2.67 bits per heavy atom. The molecule has 2 aromatic rings. The largest absolute Gasteiger partial charge is 0.336 e. The highest BCUT2D eigenvalue weighted by Crippen LogP contribution is 2.24. The zero-order valence-electron chi connectivity index (χ0n) is 14.1. The lowest BCUT2D eigenvalue weighted by molar-refractivity contribution is -0.114. The van der Waals surface area contributed by atoms with Crippen LogP contribution in [-0.2, 0) is 11.3 Å². The molecule has 0 saturated carbocycles. The van der Waals surface area contributed by atoms with Crippen LogP contribution in [0.5, 0.6) is 0 Å². The van der Waals surface area contributed by atoms with Crippen LogP contribution < -0.4 is 5.32 Å². The number of rotatable bonds is 5. The minimum atomic E-state index is -0.216. The number of carbonyl (C=O) groups is 2. The summed E-state index contributed by atoms with van der Waals surface area (Å²) in [7, 11) is 1.71. The van der Waals surface area contributed by atoms with E-state index in [4.69, 9.17) is 11.6 Å². The van der Waals surface area contributed by atoms with Gasteiger partial charge in [0, 0.05) is 31.0 Å². The van der Waals surface area contributed by atoms with Crippen molar-refractivity contribution in [2.24, 2.45) is 0 Å². The molecule has 0 aliphatic carbocycles. The first kappa shape index (κ1) is 18.4. The summed E-state index contributed by atoms with van der Waals surface area (Å²) < 4.78 is 0. The molecule has 2 amide bonds. The molecule has 7 heteroatoms. The van der Waals surface area contributed by atoms with Crippen LogP contribution in [0.15, 0.2) is 23.6 Å². The smallest absolute Gasteiger partial charge is 0.255 e. The normalized spacial score (nSPS) is 10.8. The van der Waals surface area contributed by atoms with E-state index in [0.717, 1.165) is 10.7 Å². The number of aromatic nitrogens is 1. The van der Waals surface area contributed by atoms with Crippen molar-refractivity contribution < 1.29 is 9.59 Å². The molecule has 1 heterocycles. The summed E-state index contributed by atoms with van der Waals surface area (Å²) in [6.07, 6.45) is 0. The third-order valence-electron chi connectivity index (χ3n) is 3.33. The molecule has 0 radical (unpaired) electrons. The van der Waals surface area contributed by atoms with Crippen molar-refractivity contribution in [2.45, 2.75) is 33.2 Å². The molecule has 0 atom stereocenters. The van der Waals surface area contributed by atoms with Gasteiger partial charge in [0.05, 0.1) is 27.8 Å². The van der Waals surface area contributed by atoms with Gasteiger partial charge in [0.2, 0.25) is 5.91 Å². The van der Waals surface area contributed by atoms with Gasteiger partial charge in [-0.15, -0.1) is 11.3 Å². The quantitative estimate of drug-likeness (QED) is 0.865. The maximum Gasteiger partial charge on any atom is 0.255 e. The topological polar surface area (TPSA) is 62.3 Å². The maximum absolute atomic E-state index is 12.7. The van der Waals surface area contributed by atoms with Gasteiger partial charge in [0.1, 0.15) is 0 Å². The second-order valence-electron chi connectivity index (χ2n) is 5.87. The number of hydrogen-bond acceptors (Lipinski definition) is 4. The lowest BCUT2D eigenvalue weighted by Gasteiger charge is -2.17. The predicted octanol–water partition coefficient (Wildman–Crippen LogP) is 4.15. The van der Waals surface area contributed by atoms with Gasteiger partial charge in [-0.05, 0) is 18.2 Å². The van der Waals surface area contributed by atoms with Crippen LogP contribution in [0, 0.1) is 0 Å². The second kappa shape index (κ2) is 7.77. The van der Waals surface area contributed by atoms with Crippen LogP contribution in [0.25, 0.3) is 0 Å². The van der Waals surface area contributed by atoms with Crippen LogP contribution in [0.2, 0.25) is 5.02 Å². The Balaban J connectivity index is 2.15. The van der Waals surface area contributed by atoms with E-state index < -0.39 is 0 Å². The van der Waals surface area contributed by atoms with Crippen LogP contribution in [0.4, 0.5) is 5.69 Å². The standard InChI is InChI=1S/C17H20ClN3O2S/c1-10(2)16-20-13(9-24-16)8-21(4)17(23)14-7-12(19-11(3)22)5-6-15(14)18/h5-7,9-10H,8H2,1-4H3,(H,19,22). The van der Waals surface area contributed by atoms with Gasteiger partial charge in [-0.1, -0.05) is 25.4 Å². The van der Waals surface area contributed by atoms with Gasteiger partial charge >= 0.3 is 0 Å². The fourth-order valence-electron chi connectivity index (χ4n) is 2.15. The molecule has 1 aromatic heterocycles. The SMILES string of the molecule is CC(=O)Nc1ccc(Cl)c(C(=O)N(C)Cc2csc(C(C)C)n2)c1. The number of thiazole rings is 1. The molecule has 0 fully saturated rings. The summed E-state index contributed by atoms with van der Waals surface area (Å²) in [5.41, 5.74) is 1.75. The summed E-state index contributed by atoms with van der Waals surface area (Å²) >= 11 is 7.74. The van der Waals surface area contributed by atoms with Gasteiger partial charge in [0.15, 0.2) is 0 Å². The molecule has 0 aliphatic rings. The lowest BCUT2D eigenvalue weighted by atomic mass is 10.1. The summed E-state index contributed by atoms with van der Waals surface area (Å²) in [6.45, 7) is 6.00. The number of hydrogen-bond donors (Lipinski definition) is 1. The zero-order valence-corrected chi connectivity index (χ0v) is 15.7. The average Bonchev–Trinajstić information content (AvgIpc) is 2.96. The number of amides is 2. The molecule has 1 N–H and O–H groups in total. The van der Waals surface area contributed by atoms with Crippen molar-refractivity contribution in [2.75, 3.05) is 12.4 Å². The monoisotopic (exact) mass is 365 g/mol. The van der Waals surface area contributed by atoms with Crippen molar-refractivity contribution in [1.82, 2.24) is 9.88 Å². The molecule has 1 aromatic carbocycles. The zero-order chi connectivity index (χ0) is 17.9. The van der Waals surface area contributed by atoms with E-state index in [-0.39, 0.29) is 11.8 Å². The first-order valence-corrected chi connectivity index (χ1v) is 8.80. The number of nitrogens with one attached hydrogen (secondary N) is 1. The van der Waals surface area contributed by atoms with Gasteiger partial charge < -0.3 is 10.2 Å². The Kier molecular flexibility index (Phi) is 5.96. The Morgan fingerprint density at radius 2 is 2.08 bits per heavy atom. The molecule has 0 aliphatic heterocycles. The van der Waals surface area contributed by atoms with Crippen molar-refractivity contribution in [3.63, 3.8) is 0 Å². The number of benzene rings is 1. The molecular weight excluding hydrogens is 346 g/mol. The summed E-state index contributed by atoms with van der Waals surface area (Å²) in [4.78, 5) is 29.9. The van der Waals surface area contributed by atoms with E-state index in [2.05, 4.69) is 24.1 Å². The van der Waals surface area contributed by atoms with E-state index in [0.29, 0.717) is 28.7 Å². The molecule has 128 valence electrons. The fraction of sp³-hybridized carbons (Fsp3) is 0.353. The highest BCUT2D eigenvalue weighted by Gasteiger charge is 2.18. The van der Waals surface area contributed by atoms with Crippen LogP contribution in [-0.4, -0.2) is 28.7 Å². The van der Waals surface area contributed by atoms with Crippen molar-refractivity contribution in [3.8, 4) is 0 Å². The third-order valence-corrected chi connectivity index (χ3v) is 4.85. The highest BCUT2D eigenvalue weighted by molar-refractivity contribution is 7.09. The Labute approximate surface area is 150 Å². The Hall–Kier alpha value is -1.92. The number of halogens is 1. The number of anilines is 1. The minimum absolute atomic E-state index is 0.201. The molecule has 0 unspecified atom stereocenters. The molecule has 0 saturated heterocycles. The molecule has 0 bridgehead atoms. The summed E-state index contributed by atoms with van der Waals surface area (Å²) in [6, 6.07) is 4.85. The van der Waals surface area contributed by atoms with Gasteiger partial charge in [-0.2, -0.15) is 0 Å². The summed E-state index contributed by atoms with van der Waals surface area (Å²) in [5, 5.41) is 6.02. The van der Waals surface area contributed by atoms with Gasteiger partial charge in [-0.3, -0.25) is 9.59 Å². The lowest BCUT2D eigenvalue weighted by Crippen LogP contribution is -2.26. The van der Waals surface area contributed by atoms with Crippen molar-refractivity contribution in [1.29, 1.82) is 0 Å². The molecule has 5 nitrogen and oxygen atoms in total. The van der Waals surface area contributed by atoms with E-state index in [1.54, 1.807) is 41.5 Å². The molecule has 0 spiro atoms. The van der Waals surface area contributed by atoms with Crippen molar-refractivity contribution >= 4 is 40.4 Å². The first-order chi connectivity index (χ1) is 11.3. The second-order valence-corrected chi connectivity index (χ2v) is 7.17. The van der Waals surface area contributed by atoms with E-state index in [1.807, 2.05) is 5.38 Å². The van der Waals surface area contributed by atoms with Gasteiger partial charge in [-0.25, -0.2) is 4.98 Å². The molecular formula is C17H20ClN3O2S. The number of carbonyl (C=O) groups excluding carboxylic acids is 2. The van der Waals surface area contributed by atoms with E-state index in [1.165, 1.54) is 6.92 Å². The maximum atomic E-state index is 12.7. The van der Waals surface area contributed by atoms with Crippen LogP contribution in [0.1, 0.15) is 47.7 Å². The van der Waals surface area contributed by atoms with E-state index >= 15 is 0 Å². The van der Waals surface area contributed by atoms with Gasteiger partial charge in [0.25, 0.3) is 5.91 Å². The summed E-state index contributed by atoms with van der Waals surface area (Å²) in [5.74, 6) is -0.0485. The minimum Gasteiger partial charge on any atom is -0.336 e. The van der Waals surface area contributed by atoms with Crippen LogP contribution >= 0.6 is 22.9 Å². The predicted molar refractivity (Wildman–Crippen MR) is 97.8 cm³/mol. The Morgan fingerprint density at radius 1 is 1.38 bits per heavy atom. The Bertz CT molecular complexity index is 758. The molecule has 2 rings (SSSR count). The van der Waals surface area contributed by atoms with Crippen molar-refractivity contribution in [3.05, 3.63) is 44.9 Å². The van der Waals surface area contributed by atoms with E-state index in [9.17, 15) is 9.59 Å².